The van der Waals surface area contributed by atoms with Crippen molar-refractivity contribution in [1.29, 1.82) is 0 Å². The Morgan fingerprint density at radius 1 is 1.12 bits per heavy atom. The molecule has 0 bridgehead atoms. The maximum atomic E-state index is 12.0. The third-order valence-electron chi connectivity index (χ3n) is 4.32. The Labute approximate surface area is 96.2 Å². The van der Waals surface area contributed by atoms with Crippen LogP contribution in [0.5, 0.6) is 0 Å². The molecule has 0 aromatic carbocycles. The van der Waals surface area contributed by atoms with Gasteiger partial charge in [-0.05, 0) is 5.41 Å². The second-order valence-corrected chi connectivity index (χ2v) is 5.89. The predicted octanol–water partition coefficient (Wildman–Crippen LogP) is 1.24. The van der Waals surface area contributed by atoms with Gasteiger partial charge in [-0.15, -0.1) is 0 Å². The number of esters is 1. The second kappa shape index (κ2) is 3.44. The van der Waals surface area contributed by atoms with Crippen molar-refractivity contribution in [3.63, 3.8) is 0 Å². The molecule has 4 heteroatoms. The van der Waals surface area contributed by atoms with Gasteiger partial charge in [-0.1, -0.05) is 20.8 Å². The molecule has 0 unspecified atom stereocenters. The molecule has 4 nitrogen and oxygen atoms in total. The smallest absolute Gasteiger partial charge is 0.317 e. The summed E-state index contributed by atoms with van der Waals surface area (Å²) in [5.41, 5.74) is -0.646. The van der Waals surface area contributed by atoms with Gasteiger partial charge >= 0.3 is 5.97 Å². The first-order chi connectivity index (χ1) is 7.40. The van der Waals surface area contributed by atoms with E-state index in [-0.39, 0.29) is 16.8 Å². The molecule has 0 aliphatic carbocycles. The van der Waals surface area contributed by atoms with Crippen molar-refractivity contribution in [2.45, 2.75) is 20.8 Å². The monoisotopic (exact) mass is 228 g/mol. The molecule has 0 radical (unpaired) electrons. The van der Waals surface area contributed by atoms with Crippen molar-refractivity contribution in [3.8, 4) is 0 Å². The fourth-order valence-electron chi connectivity index (χ4n) is 2.82. The van der Waals surface area contributed by atoms with Gasteiger partial charge in [0.05, 0.1) is 33.5 Å². The van der Waals surface area contributed by atoms with E-state index in [0.717, 1.165) is 0 Å². The summed E-state index contributed by atoms with van der Waals surface area (Å²) in [5.74, 6) is -0.156. The van der Waals surface area contributed by atoms with E-state index in [4.69, 9.17) is 14.2 Å². The molecular formula is C12H20O4. The Morgan fingerprint density at radius 3 is 1.81 bits per heavy atom. The van der Waals surface area contributed by atoms with E-state index in [1.807, 2.05) is 0 Å². The summed E-state index contributed by atoms with van der Waals surface area (Å²) in [4.78, 5) is 12.0. The van der Waals surface area contributed by atoms with Gasteiger partial charge < -0.3 is 14.2 Å². The van der Waals surface area contributed by atoms with Gasteiger partial charge in [0.25, 0.3) is 0 Å². The normalized spacial score (nSPS) is 26.5. The number of ether oxygens (including phenoxy) is 3. The molecule has 2 heterocycles. The van der Waals surface area contributed by atoms with Crippen molar-refractivity contribution in [1.82, 2.24) is 0 Å². The lowest BCUT2D eigenvalue weighted by atomic mass is 9.50. The number of hydrogen-bond donors (Lipinski definition) is 0. The number of rotatable bonds is 2. The molecule has 92 valence electrons. The lowest BCUT2D eigenvalue weighted by Gasteiger charge is -2.62. The van der Waals surface area contributed by atoms with Crippen molar-refractivity contribution in [2.24, 2.45) is 16.2 Å². The molecule has 2 aliphatic rings. The molecule has 2 rings (SSSR count). The van der Waals surface area contributed by atoms with E-state index in [9.17, 15) is 4.79 Å². The van der Waals surface area contributed by atoms with Crippen LogP contribution in [0, 0.1) is 16.2 Å². The van der Waals surface area contributed by atoms with Crippen LogP contribution in [0.4, 0.5) is 0 Å². The highest BCUT2D eigenvalue weighted by Gasteiger charge is 2.69. The van der Waals surface area contributed by atoms with E-state index >= 15 is 0 Å². The average Bonchev–Trinajstić information content (AvgIpc) is 2.03. The number of methoxy groups -OCH3 is 1. The molecule has 2 fully saturated rings. The Hall–Kier alpha value is -0.610. The minimum atomic E-state index is -0.502. The number of carbonyl (C=O) groups is 1. The summed E-state index contributed by atoms with van der Waals surface area (Å²) >= 11 is 0. The lowest BCUT2D eigenvalue weighted by Crippen LogP contribution is -2.71. The molecule has 0 atom stereocenters. The highest BCUT2D eigenvalue weighted by Crippen LogP contribution is 2.59. The zero-order valence-corrected chi connectivity index (χ0v) is 10.5. The van der Waals surface area contributed by atoms with E-state index in [0.29, 0.717) is 26.4 Å². The molecule has 0 aromatic rings. The molecule has 2 aliphatic heterocycles. The Kier molecular flexibility index (Phi) is 2.55. The molecule has 0 spiro atoms. The van der Waals surface area contributed by atoms with Gasteiger partial charge in [-0.25, -0.2) is 0 Å². The van der Waals surface area contributed by atoms with Gasteiger partial charge in [0.1, 0.15) is 5.41 Å². The lowest BCUT2D eigenvalue weighted by molar-refractivity contribution is -0.300. The predicted molar refractivity (Wildman–Crippen MR) is 58.0 cm³/mol. The first-order valence-electron chi connectivity index (χ1n) is 5.64. The first kappa shape index (κ1) is 11.9. The molecule has 16 heavy (non-hydrogen) atoms. The topological polar surface area (TPSA) is 44.8 Å². The van der Waals surface area contributed by atoms with E-state index in [2.05, 4.69) is 20.8 Å². The van der Waals surface area contributed by atoms with Crippen LogP contribution in [-0.4, -0.2) is 39.5 Å². The van der Waals surface area contributed by atoms with Crippen LogP contribution < -0.4 is 0 Å². The largest absolute Gasteiger partial charge is 0.468 e. The van der Waals surface area contributed by atoms with Crippen LogP contribution in [-0.2, 0) is 19.0 Å². The van der Waals surface area contributed by atoms with Crippen molar-refractivity contribution < 1.29 is 19.0 Å². The van der Waals surface area contributed by atoms with Gasteiger partial charge in [-0.2, -0.15) is 0 Å². The Morgan fingerprint density at radius 2 is 1.62 bits per heavy atom. The average molecular weight is 228 g/mol. The number of carbonyl (C=O) groups excluding carboxylic acids is 1. The quantitative estimate of drug-likeness (QED) is 0.667. The standard InChI is InChI=1S/C12H20O4/c1-10(2,3)12(7-16-8-12)11(5-15-6-11)9(13)14-4/h5-8H2,1-4H3. The van der Waals surface area contributed by atoms with E-state index in [1.165, 1.54) is 7.11 Å². The molecule has 0 saturated carbocycles. The summed E-state index contributed by atoms with van der Waals surface area (Å²) in [6.07, 6.45) is 0. The summed E-state index contributed by atoms with van der Waals surface area (Å²) in [5, 5.41) is 0. The third kappa shape index (κ3) is 1.20. The molecule has 0 amide bonds. The zero-order chi connectivity index (χ0) is 12.0. The van der Waals surface area contributed by atoms with Crippen LogP contribution in [0.3, 0.4) is 0 Å². The minimum Gasteiger partial charge on any atom is -0.468 e. The summed E-state index contributed by atoms with van der Waals surface area (Å²) in [7, 11) is 1.44. The third-order valence-corrected chi connectivity index (χ3v) is 4.32. The zero-order valence-electron chi connectivity index (χ0n) is 10.5. The highest BCUT2D eigenvalue weighted by molar-refractivity contribution is 5.79. The summed E-state index contributed by atoms with van der Waals surface area (Å²) < 4.78 is 15.6. The summed E-state index contributed by atoms with van der Waals surface area (Å²) in [6, 6.07) is 0. The van der Waals surface area contributed by atoms with E-state index in [1.54, 1.807) is 0 Å². The van der Waals surface area contributed by atoms with Crippen LogP contribution >= 0.6 is 0 Å². The maximum absolute atomic E-state index is 12.0. The Bertz CT molecular complexity index is 295. The fraction of sp³-hybridized carbons (Fsp3) is 0.917. The number of hydrogen-bond acceptors (Lipinski definition) is 4. The van der Waals surface area contributed by atoms with Crippen molar-refractivity contribution in [3.05, 3.63) is 0 Å². The first-order valence-corrected chi connectivity index (χ1v) is 5.64. The second-order valence-electron chi connectivity index (χ2n) is 5.89. The van der Waals surface area contributed by atoms with Crippen LogP contribution in [0.1, 0.15) is 20.8 Å². The van der Waals surface area contributed by atoms with Crippen LogP contribution in [0.25, 0.3) is 0 Å². The van der Waals surface area contributed by atoms with Gasteiger partial charge in [0.15, 0.2) is 0 Å². The van der Waals surface area contributed by atoms with Crippen molar-refractivity contribution in [2.75, 3.05) is 33.5 Å². The van der Waals surface area contributed by atoms with Crippen LogP contribution in [0.15, 0.2) is 0 Å². The van der Waals surface area contributed by atoms with Crippen molar-refractivity contribution >= 4 is 5.97 Å². The fourth-order valence-corrected chi connectivity index (χ4v) is 2.82. The van der Waals surface area contributed by atoms with Crippen LogP contribution in [0.2, 0.25) is 0 Å². The minimum absolute atomic E-state index is 0.00319. The molecule has 0 aromatic heterocycles. The Balaban J connectivity index is 2.36. The van der Waals surface area contributed by atoms with Gasteiger partial charge in [0, 0.05) is 5.41 Å². The SMILES string of the molecule is COC(=O)C1(C2(C(C)(C)C)COC2)COC1. The maximum Gasteiger partial charge on any atom is 0.317 e. The summed E-state index contributed by atoms with van der Waals surface area (Å²) in [6.45, 7) is 8.61. The molecule has 0 N–H and O–H groups in total. The van der Waals surface area contributed by atoms with E-state index < -0.39 is 5.41 Å². The highest BCUT2D eigenvalue weighted by atomic mass is 16.6. The van der Waals surface area contributed by atoms with Gasteiger partial charge in [0.2, 0.25) is 0 Å². The van der Waals surface area contributed by atoms with Gasteiger partial charge in [-0.3, -0.25) is 4.79 Å². The molecule has 2 saturated heterocycles. The molecular weight excluding hydrogens is 208 g/mol.